The van der Waals surface area contributed by atoms with E-state index in [9.17, 15) is 4.79 Å². The number of nitrogens with zero attached hydrogens (tertiary/aromatic N) is 4. The number of fused-ring (bicyclic) bond motifs is 1. The highest BCUT2D eigenvalue weighted by molar-refractivity contribution is 5.94. The predicted octanol–water partition coefficient (Wildman–Crippen LogP) is 5.95. The molecule has 2 aromatic heterocycles. The smallest absolute Gasteiger partial charge is 0.253 e. The third kappa shape index (κ3) is 5.54. The van der Waals surface area contributed by atoms with Crippen LogP contribution in [0.15, 0.2) is 91.1 Å². The van der Waals surface area contributed by atoms with Gasteiger partial charge in [0.2, 0.25) is 0 Å². The Morgan fingerprint density at radius 2 is 1.44 bits per heavy atom. The minimum atomic E-state index is 0.0591. The van der Waals surface area contributed by atoms with E-state index in [1.54, 1.807) is 14.2 Å². The van der Waals surface area contributed by atoms with Gasteiger partial charge in [0, 0.05) is 50.0 Å². The van der Waals surface area contributed by atoms with E-state index in [0.717, 1.165) is 59.3 Å². The first-order chi connectivity index (χ1) is 20.0. The van der Waals surface area contributed by atoms with Gasteiger partial charge in [-0.1, -0.05) is 29.8 Å². The van der Waals surface area contributed by atoms with Crippen LogP contribution in [0, 0.1) is 6.92 Å². The molecule has 3 heterocycles. The Morgan fingerprint density at radius 1 is 0.780 bits per heavy atom. The maximum absolute atomic E-state index is 13.1. The van der Waals surface area contributed by atoms with Gasteiger partial charge in [0.15, 0.2) is 0 Å². The van der Waals surface area contributed by atoms with E-state index >= 15 is 0 Å². The number of hydrogen-bond donors (Lipinski definition) is 0. The number of piperazine rings is 1. The molecule has 3 aromatic carbocycles. The maximum atomic E-state index is 13.1. The first-order valence-electron chi connectivity index (χ1n) is 13.9. The van der Waals surface area contributed by atoms with E-state index in [1.165, 1.54) is 11.1 Å². The number of amides is 1. The minimum absolute atomic E-state index is 0.0591. The van der Waals surface area contributed by atoms with Crippen LogP contribution in [0.1, 0.15) is 21.6 Å². The standard InChI is InChI=1S/C34H34N4O3/c1-24-5-4-6-27(21-24)28-11-16-32-35-33(25-7-12-29(40-2)13-8-25)31(38(32)22-28)23-36-17-19-37(20-18-36)34(39)26-9-14-30(41-3)15-10-26/h4-16,21-22H,17-20,23H2,1-3H3. The Hall–Kier alpha value is -4.62. The van der Waals surface area contributed by atoms with Crippen LogP contribution >= 0.6 is 0 Å². The lowest BCUT2D eigenvalue weighted by Crippen LogP contribution is -2.48. The number of carbonyl (C=O) groups excluding carboxylic acids is 1. The number of hydrogen-bond acceptors (Lipinski definition) is 5. The van der Waals surface area contributed by atoms with E-state index in [-0.39, 0.29) is 5.91 Å². The first kappa shape index (κ1) is 26.6. The highest BCUT2D eigenvalue weighted by Gasteiger charge is 2.25. The van der Waals surface area contributed by atoms with Crippen molar-refractivity contribution in [3.05, 3.63) is 108 Å². The van der Waals surface area contributed by atoms with Gasteiger partial charge in [-0.15, -0.1) is 0 Å². The highest BCUT2D eigenvalue weighted by Crippen LogP contribution is 2.30. The molecule has 5 aromatic rings. The van der Waals surface area contributed by atoms with Crippen LogP contribution in [0.4, 0.5) is 0 Å². The second-order valence-corrected chi connectivity index (χ2v) is 10.4. The number of pyridine rings is 1. The molecule has 1 saturated heterocycles. The zero-order valence-corrected chi connectivity index (χ0v) is 23.7. The molecule has 41 heavy (non-hydrogen) atoms. The highest BCUT2D eigenvalue weighted by atomic mass is 16.5. The minimum Gasteiger partial charge on any atom is -0.497 e. The molecule has 208 valence electrons. The zero-order chi connectivity index (χ0) is 28.3. The summed E-state index contributed by atoms with van der Waals surface area (Å²) in [6.07, 6.45) is 2.20. The number of carbonyl (C=O) groups is 1. The van der Waals surface area contributed by atoms with Crippen molar-refractivity contribution in [3.63, 3.8) is 0 Å². The van der Waals surface area contributed by atoms with E-state index < -0.39 is 0 Å². The lowest BCUT2D eigenvalue weighted by Gasteiger charge is -2.34. The van der Waals surface area contributed by atoms with E-state index in [4.69, 9.17) is 14.5 Å². The molecule has 0 aliphatic carbocycles. The van der Waals surface area contributed by atoms with Crippen molar-refractivity contribution < 1.29 is 14.3 Å². The Labute approximate surface area is 240 Å². The van der Waals surface area contributed by atoms with Crippen molar-refractivity contribution in [2.75, 3.05) is 40.4 Å². The molecule has 0 radical (unpaired) electrons. The van der Waals surface area contributed by atoms with E-state index in [2.05, 4.69) is 71.0 Å². The van der Waals surface area contributed by atoms with Crippen molar-refractivity contribution in [2.24, 2.45) is 0 Å². The largest absolute Gasteiger partial charge is 0.497 e. The van der Waals surface area contributed by atoms with Gasteiger partial charge in [-0.3, -0.25) is 9.69 Å². The molecule has 7 heteroatoms. The fraction of sp³-hybridized carbons (Fsp3) is 0.235. The molecule has 7 nitrogen and oxygen atoms in total. The molecule has 0 atom stereocenters. The zero-order valence-electron chi connectivity index (χ0n) is 23.7. The number of aromatic nitrogens is 2. The number of benzene rings is 3. The van der Waals surface area contributed by atoms with Gasteiger partial charge in [0.25, 0.3) is 5.91 Å². The van der Waals surface area contributed by atoms with E-state index in [0.29, 0.717) is 18.7 Å². The number of rotatable bonds is 7. The molecule has 0 saturated carbocycles. The van der Waals surface area contributed by atoms with Gasteiger partial charge >= 0.3 is 0 Å². The second kappa shape index (κ2) is 11.5. The number of ether oxygens (including phenoxy) is 2. The molecule has 0 spiro atoms. The molecule has 6 rings (SSSR count). The Morgan fingerprint density at radius 3 is 2.10 bits per heavy atom. The summed E-state index contributed by atoms with van der Waals surface area (Å²) in [5, 5.41) is 0. The molecule has 1 aliphatic rings. The summed E-state index contributed by atoms with van der Waals surface area (Å²) in [6, 6.07) is 28.2. The Balaban J connectivity index is 1.28. The number of methoxy groups -OCH3 is 2. The number of imidazole rings is 1. The van der Waals surface area contributed by atoms with Crippen molar-refractivity contribution in [1.82, 2.24) is 19.2 Å². The third-order valence-corrected chi connectivity index (χ3v) is 7.80. The van der Waals surface area contributed by atoms with Crippen molar-refractivity contribution in [1.29, 1.82) is 0 Å². The van der Waals surface area contributed by atoms with Crippen LogP contribution < -0.4 is 9.47 Å². The van der Waals surface area contributed by atoms with Crippen molar-refractivity contribution in [2.45, 2.75) is 13.5 Å². The van der Waals surface area contributed by atoms with Gasteiger partial charge in [0.05, 0.1) is 25.6 Å². The second-order valence-electron chi connectivity index (χ2n) is 10.4. The Bertz CT molecular complexity index is 1670. The molecular formula is C34H34N4O3. The average molecular weight is 547 g/mol. The van der Waals surface area contributed by atoms with Crippen LogP contribution in [0.2, 0.25) is 0 Å². The van der Waals surface area contributed by atoms with E-state index in [1.807, 2.05) is 41.3 Å². The van der Waals surface area contributed by atoms with Crippen LogP contribution in [-0.2, 0) is 6.54 Å². The molecule has 1 fully saturated rings. The van der Waals surface area contributed by atoms with Crippen LogP contribution in [0.3, 0.4) is 0 Å². The molecule has 0 unspecified atom stereocenters. The fourth-order valence-electron chi connectivity index (χ4n) is 5.46. The van der Waals surface area contributed by atoms with Crippen molar-refractivity contribution in [3.8, 4) is 33.9 Å². The summed E-state index contributed by atoms with van der Waals surface area (Å²) < 4.78 is 12.9. The monoisotopic (exact) mass is 546 g/mol. The molecule has 0 N–H and O–H groups in total. The molecule has 1 aliphatic heterocycles. The summed E-state index contributed by atoms with van der Waals surface area (Å²) in [5.41, 5.74) is 8.31. The lowest BCUT2D eigenvalue weighted by atomic mass is 10.1. The quantitative estimate of drug-likeness (QED) is 0.252. The summed E-state index contributed by atoms with van der Waals surface area (Å²) >= 11 is 0. The maximum Gasteiger partial charge on any atom is 0.253 e. The van der Waals surface area contributed by atoms with Gasteiger partial charge < -0.3 is 18.8 Å². The summed E-state index contributed by atoms with van der Waals surface area (Å²) in [5.74, 6) is 1.62. The van der Waals surface area contributed by atoms with Gasteiger partial charge in [-0.05, 0) is 78.7 Å². The lowest BCUT2D eigenvalue weighted by molar-refractivity contribution is 0.0627. The van der Waals surface area contributed by atoms with Gasteiger partial charge in [0.1, 0.15) is 17.1 Å². The molecule has 1 amide bonds. The fourth-order valence-corrected chi connectivity index (χ4v) is 5.46. The van der Waals surface area contributed by atoms with Gasteiger partial charge in [-0.25, -0.2) is 4.98 Å². The third-order valence-electron chi connectivity index (χ3n) is 7.80. The number of aryl methyl sites for hydroxylation is 1. The van der Waals surface area contributed by atoms with Crippen molar-refractivity contribution >= 4 is 11.6 Å². The van der Waals surface area contributed by atoms with Crippen LogP contribution in [0.5, 0.6) is 11.5 Å². The summed E-state index contributed by atoms with van der Waals surface area (Å²) in [7, 11) is 3.31. The predicted molar refractivity (Wildman–Crippen MR) is 162 cm³/mol. The van der Waals surface area contributed by atoms with Crippen LogP contribution in [0.25, 0.3) is 28.0 Å². The topological polar surface area (TPSA) is 59.3 Å². The molecule has 0 bridgehead atoms. The normalized spacial score (nSPS) is 13.9. The van der Waals surface area contributed by atoms with Gasteiger partial charge in [-0.2, -0.15) is 0 Å². The first-order valence-corrected chi connectivity index (χ1v) is 13.9. The summed E-state index contributed by atoms with van der Waals surface area (Å²) in [4.78, 5) is 22.5. The Kier molecular flexibility index (Phi) is 7.44. The van der Waals surface area contributed by atoms with Crippen LogP contribution in [-0.4, -0.2) is 65.5 Å². The summed E-state index contributed by atoms with van der Waals surface area (Å²) in [6.45, 7) is 5.77. The SMILES string of the molecule is COc1ccc(C(=O)N2CCN(Cc3c(-c4ccc(OC)cc4)nc4ccc(-c5cccc(C)c5)cn34)CC2)cc1. The molecular weight excluding hydrogens is 512 g/mol. The average Bonchev–Trinajstić information content (AvgIpc) is 3.38.